The van der Waals surface area contributed by atoms with Crippen LogP contribution in [0.2, 0.25) is 0 Å². The predicted octanol–water partition coefficient (Wildman–Crippen LogP) is 2.61. The number of rotatable bonds is 4. The van der Waals surface area contributed by atoms with Crippen LogP contribution in [0, 0.1) is 0 Å². The van der Waals surface area contributed by atoms with Gasteiger partial charge in [0.2, 0.25) is 0 Å². The number of fused-ring (bicyclic) bond motifs is 1. The van der Waals surface area contributed by atoms with E-state index < -0.39 is 6.10 Å². The van der Waals surface area contributed by atoms with Gasteiger partial charge in [-0.3, -0.25) is 0 Å². The van der Waals surface area contributed by atoms with Gasteiger partial charge < -0.3 is 19.5 Å². The Balaban J connectivity index is 1.96. The number of benzene rings is 2. The molecule has 0 fully saturated rings. The van der Waals surface area contributed by atoms with Crippen molar-refractivity contribution < 1.29 is 24.4 Å². The molecule has 0 radical (unpaired) electrons. The number of methoxy groups -OCH3 is 2. The highest BCUT2D eigenvalue weighted by Gasteiger charge is 2.18. The Labute approximate surface area is 122 Å². The average Bonchev–Trinajstić information content (AvgIpc) is 3.01. The Morgan fingerprint density at radius 3 is 2.38 bits per heavy atom. The number of ether oxygens (including phenoxy) is 2. The van der Waals surface area contributed by atoms with Crippen molar-refractivity contribution in [2.75, 3.05) is 14.2 Å². The summed E-state index contributed by atoms with van der Waals surface area (Å²) in [5.74, 6) is 1.96. The summed E-state index contributed by atoms with van der Waals surface area (Å²) in [5, 5.41) is 10.6. The molecular formula is C16H16O5. The molecule has 1 aliphatic heterocycles. The zero-order valence-electron chi connectivity index (χ0n) is 11.8. The fourth-order valence-corrected chi connectivity index (χ4v) is 2.30. The van der Waals surface area contributed by atoms with Crippen LogP contribution in [0.25, 0.3) is 0 Å². The van der Waals surface area contributed by atoms with Gasteiger partial charge in [-0.05, 0) is 35.4 Å². The van der Waals surface area contributed by atoms with E-state index in [4.69, 9.17) is 19.2 Å². The van der Waals surface area contributed by atoms with Gasteiger partial charge in [-0.15, -0.1) is 0 Å². The third-order valence-electron chi connectivity index (χ3n) is 3.45. The normalized spacial score (nSPS) is 14.2. The summed E-state index contributed by atoms with van der Waals surface area (Å²) in [6.45, 7) is 0.386. The van der Waals surface area contributed by atoms with E-state index in [1.54, 1.807) is 38.5 Å². The molecule has 1 heterocycles. The van der Waals surface area contributed by atoms with Crippen LogP contribution in [0.3, 0.4) is 0 Å². The van der Waals surface area contributed by atoms with Crippen LogP contribution >= 0.6 is 0 Å². The van der Waals surface area contributed by atoms with E-state index >= 15 is 0 Å². The second kappa shape index (κ2) is 5.63. The molecule has 1 atom stereocenters. The lowest BCUT2D eigenvalue weighted by Gasteiger charge is -2.15. The maximum atomic E-state index is 10.6. The van der Waals surface area contributed by atoms with Gasteiger partial charge in [0.15, 0.2) is 5.75 Å². The SMILES string of the molecule is COc1cc(OC)cc(C(O)c2ccc3c(c2)COO3)c1. The zero-order valence-corrected chi connectivity index (χ0v) is 11.8. The second-order valence-corrected chi connectivity index (χ2v) is 4.76. The summed E-state index contributed by atoms with van der Waals surface area (Å²) in [7, 11) is 3.16. The maximum absolute atomic E-state index is 10.6. The molecule has 21 heavy (non-hydrogen) atoms. The van der Waals surface area contributed by atoms with Crippen molar-refractivity contribution >= 4 is 0 Å². The molecule has 5 nitrogen and oxygen atoms in total. The molecule has 1 unspecified atom stereocenters. The Morgan fingerprint density at radius 2 is 1.71 bits per heavy atom. The first kappa shape index (κ1) is 13.7. The standard InChI is InChI=1S/C16H16O5/c1-18-13-6-11(7-14(8-13)19-2)16(17)10-3-4-15-12(5-10)9-20-21-15/h3-8,16-17H,9H2,1-2H3. The molecule has 3 rings (SSSR count). The maximum Gasteiger partial charge on any atom is 0.171 e. The van der Waals surface area contributed by atoms with Gasteiger partial charge in [-0.1, -0.05) is 6.07 Å². The van der Waals surface area contributed by atoms with Gasteiger partial charge >= 0.3 is 0 Å². The van der Waals surface area contributed by atoms with Crippen LogP contribution in [0.4, 0.5) is 0 Å². The molecule has 0 bridgehead atoms. The molecule has 0 amide bonds. The summed E-state index contributed by atoms with van der Waals surface area (Å²) in [4.78, 5) is 9.90. The summed E-state index contributed by atoms with van der Waals surface area (Å²) in [5.41, 5.74) is 2.38. The van der Waals surface area contributed by atoms with Gasteiger partial charge in [0.1, 0.15) is 24.2 Å². The number of hydrogen-bond acceptors (Lipinski definition) is 5. The van der Waals surface area contributed by atoms with E-state index in [9.17, 15) is 5.11 Å². The van der Waals surface area contributed by atoms with E-state index in [1.165, 1.54) is 0 Å². The van der Waals surface area contributed by atoms with Gasteiger partial charge in [-0.2, -0.15) is 4.89 Å². The molecule has 0 aromatic heterocycles. The Morgan fingerprint density at radius 1 is 1.00 bits per heavy atom. The molecule has 0 saturated carbocycles. The third-order valence-corrected chi connectivity index (χ3v) is 3.45. The van der Waals surface area contributed by atoms with Crippen LogP contribution in [0.15, 0.2) is 36.4 Å². The summed E-state index contributed by atoms with van der Waals surface area (Å²) < 4.78 is 10.5. The van der Waals surface area contributed by atoms with Crippen LogP contribution in [-0.4, -0.2) is 19.3 Å². The summed E-state index contributed by atoms with van der Waals surface area (Å²) in [6.07, 6.45) is -0.778. The minimum Gasteiger partial charge on any atom is -0.497 e. The lowest BCUT2D eigenvalue weighted by molar-refractivity contribution is -0.194. The van der Waals surface area contributed by atoms with Crippen molar-refractivity contribution in [3.05, 3.63) is 53.1 Å². The first-order chi connectivity index (χ1) is 10.2. The lowest BCUT2D eigenvalue weighted by atomic mass is 9.99. The third kappa shape index (κ3) is 2.66. The fraction of sp³-hybridized carbons (Fsp3) is 0.250. The van der Waals surface area contributed by atoms with Crippen LogP contribution in [0.5, 0.6) is 17.2 Å². The first-order valence-electron chi connectivity index (χ1n) is 6.54. The molecule has 2 aromatic carbocycles. The molecule has 110 valence electrons. The Hall–Kier alpha value is -2.24. The number of aliphatic hydroxyl groups excluding tert-OH is 1. The summed E-state index contributed by atoms with van der Waals surface area (Å²) in [6, 6.07) is 10.8. The first-order valence-corrected chi connectivity index (χ1v) is 6.54. The van der Waals surface area contributed by atoms with Crippen LogP contribution in [0.1, 0.15) is 22.8 Å². The Kier molecular flexibility index (Phi) is 3.68. The Bertz CT molecular complexity index is 631. The topological polar surface area (TPSA) is 57.2 Å². The molecule has 1 aliphatic rings. The van der Waals surface area contributed by atoms with Crippen LogP contribution in [-0.2, 0) is 11.5 Å². The molecule has 0 spiro atoms. The van der Waals surface area contributed by atoms with Crippen molar-refractivity contribution in [1.82, 2.24) is 0 Å². The number of hydrogen-bond donors (Lipinski definition) is 1. The van der Waals surface area contributed by atoms with E-state index in [0.717, 1.165) is 11.1 Å². The summed E-state index contributed by atoms with van der Waals surface area (Å²) >= 11 is 0. The van der Waals surface area contributed by atoms with Crippen molar-refractivity contribution in [3.63, 3.8) is 0 Å². The molecule has 2 aromatic rings. The molecule has 5 heteroatoms. The van der Waals surface area contributed by atoms with Gasteiger partial charge in [-0.25, -0.2) is 0 Å². The van der Waals surface area contributed by atoms with Crippen molar-refractivity contribution in [3.8, 4) is 17.2 Å². The average molecular weight is 288 g/mol. The molecule has 1 N–H and O–H groups in total. The monoisotopic (exact) mass is 288 g/mol. The zero-order chi connectivity index (χ0) is 14.8. The largest absolute Gasteiger partial charge is 0.497 e. The van der Waals surface area contributed by atoms with Crippen molar-refractivity contribution in [1.29, 1.82) is 0 Å². The van der Waals surface area contributed by atoms with Gasteiger partial charge in [0, 0.05) is 11.6 Å². The molecule has 0 aliphatic carbocycles. The van der Waals surface area contributed by atoms with Gasteiger partial charge in [0.25, 0.3) is 0 Å². The second-order valence-electron chi connectivity index (χ2n) is 4.76. The highest BCUT2D eigenvalue weighted by Crippen LogP contribution is 2.33. The van der Waals surface area contributed by atoms with E-state index in [2.05, 4.69) is 0 Å². The van der Waals surface area contributed by atoms with E-state index in [0.29, 0.717) is 29.4 Å². The quantitative estimate of drug-likeness (QED) is 0.876. The van der Waals surface area contributed by atoms with E-state index in [1.807, 2.05) is 12.1 Å². The fourth-order valence-electron chi connectivity index (χ4n) is 2.30. The van der Waals surface area contributed by atoms with Gasteiger partial charge in [0.05, 0.1) is 14.2 Å². The van der Waals surface area contributed by atoms with Crippen LogP contribution < -0.4 is 14.4 Å². The minimum absolute atomic E-state index is 0.386. The van der Waals surface area contributed by atoms with Crippen molar-refractivity contribution in [2.45, 2.75) is 12.7 Å². The van der Waals surface area contributed by atoms with Crippen molar-refractivity contribution in [2.24, 2.45) is 0 Å². The predicted molar refractivity (Wildman–Crippen MR) is 75.5 cm³/mol. The molecule has 0 saturated heterocycles. The lowest BCUT2D eigenvalue weighted by Crippen LogP contribution is -2.01. The minimum atomic E-state index is -0.778. The van der Waals surface area contributed by atoms with E-state index in [-0.39, 0.29) is 0 Å². The highest BCUT2D eigenvalue weighted by molar-refractivity contribution is 5.45. The highest BCUT2D eigenvalue weighted by atomic mass is 17.2. The number of aliphatic hydroxyl groups is 1. The molecular weight excluding hydrogens is 272 g/mol. The smallest absolute Gasteiger partial charge is 0.171 e.